The van der Waals surface area contributed by atoms with Gasteiger partial charge in [0.15, 0.2) is 11.5 Å². The van der Waals surface area contributed by atoms with Crippen molar-refractivity contribution in [2.45, 2.75) is 0 Å². The van der Waals surface area contributed by atoms with Gasteiger partial charge in [0, 0.05) is 11.6 Å². The van der Waals surface area contributed by atoms with Crippen molar-refractivity contribution in [3.63, 3.8) is 0 Å². The molecule has 2 aromatic carbocycles. The fraction of sp³-hybridized carbons (Fsp3) is 0.190. The highest BCUT2D eigenvalue weighted by molar-refractivity contribution is 6.05. The van der Waals surface area contributed by atoms with E-state index < -0.39 is 5.97 Å². The summed E-state index contributed by atoms with van der Waals surface area (Å²) in [7, 11) is 6.24. The van der Waals surface area contributed by atoms with Gasteiger partial charge in [-0.3, -0.25) is 0 Å². The lowest BCUT2D eigenvalue weighted by atomic mass is 10.1. The van der Waals surface area contributed by atoms with Crippen LogP contribution < -0.4 is 18.9 Å². The van der Waals surface area contributed by atoms with Gasteiger partial charge in [-0.25, -0.2) is 4.79 Å². The van der Waals surface area contributed by atoms with E-state index in [4.69, 9.17) is 23.7 Å². The van der Waals surface area contributed by atoms with E-state index in [9.17, 15) is 4.79 Å². The molecule has 0 bridgehead atoms. The van der Waals surface area contributed by atoms with Crippen LogP contribution in [-0.4, -0.2) is 34.4 Å². The van der Waals surface area contributed by atoms with Gasteiger partial charge in [-0.15, -0.1) is 0 Å². The van der Waals surface area contributed by atoms with E-state index in [2.05, 4.69) is 0 Å². The number of benzene rings is 2. The lowest BCUT2D eigenvalue weighted by molar-refractivity contribution is -0.130. The highest BCUT2D eigenvalue weighted by Crippen LogP contribution is 2.37. The number of rotatable bonds is 6. The number of cyclic esters (lactones) is 1. The number of methoxy groups -OCH3 is 4. The van der Waals surface area contributed by atoms with Crippen LogP contribution in [-0.2, 0) is 9.53 Å². The summed E-state index contributed by atoms with van der Waals surface area (Å²) in [5.41, 5.74) is 1.77. The number of carbonyl (C=O) groups excluding carboxylic acids is 1. The monoisotopic (exact) mass is 368 g/mol. The zero-order chi connectivity index (χ0) is 19.4. The largest absolute Gasteiger partial charge is 0.497 e. The third kappa shape index (κ3) is 3.60. The van der Waals surface area contributed by atoms with Crippen LogP contribution >= 0.6 is 0 Å². The smallest absolute Gasteiger partial charge is 0.343 e. The highest BCUT2D eigenvalue weighted by atomic mass is 16.5. The summed E-state index contributed by atoms with van der Waals surface area (Å²) >= 11 is 0. The molecule has 0 spiro atoms. The number of hydrogen-bond donors (Lipinski definition) is 0. The topological polar surface area (TPSA) is 63.2 Å². The maximum Gasteiger partial charge on any atom is 0.343 e. The van der Waals surface area contributed by atoms with E-state index in [0.29, 0.717) is 45.5 Å². The minimum absolute atomic E-state index is 0.398. The molecule has 2 aromatic rings. The highest BCUT2D eigenvalue weighted by Gasteiger charge is 2.25. The molecule has 1 aliphatic rings. The summed E-state index contributed by atoms with van der Waals surface area (Å²) in [6, 6.07) is 10.7. The number of esters is 1. The van der Waals surface area contributed by atoms with E-state index in [1.165, 1.54) is 0 Å². The molecule has 27 heavy (non-hydrogen) atoms. The third-order valence-electron chi connectivity index (χ3n) is 4.14. The van der Waals surface area contributed by atoms with Crippen molar-refractivity contribution in [2.75, 3.05) is 28.4 Å². The molecule has 0 unspecified atom stereocenters. The summed E-state index contributed by atoms with van der Waals surface area (Å²) in [5.74, 6) is 2.29. The summed E-state index contributed by atoms with van der Waals surface area (Å²) in [6.45, 7) is 0. The molecule has 140 valence electrons. The molecule has 3 rings (SSSR count). The summed E-state index contributed by atoms with van der Waals surface area (Å²) < 4.78 is 26.7. The van der Waals surface area contributed by atoms with E-state index >= 15 is 0 Å². The molecular formula is C21H20O6. The van der Waals surface area contributed by atoms with Gasteiger partial charge in [0.2, 0.25) is 0 Å². The molecule has 6 nitrogen and oxygen atoms in total. The standard InChI is InChI=1S/C21H20O6/c1-23-15-8-9-16(18(12-15)25-3)19-11-14(21(22)27-19)10-13-6-5-7-17(24-2)20(13)26-4/h5-12H,1-4H3/b14-10+. The van der Waals surface area contributed by atoms with Gasteiger partial charge < -0.3 is 23.7 Å². The Morgan fingerprint density at radius 1 is 0.889 bits per heavy atom. The summed E-state index contributed by atoms with van der Waals surface area (Å²) in [4.78, 5) is 12.4. The van der Waals surface area contributed by atoms with Crippen LogP contribution in [0.2, 0.25) is 0 Å². The first-order valence-electron chi connectivity index (χ1n) is 8.20. The molecule has 0 aromatic heterocycles. The second-order valence-corrected chi connectivity index (χ2v) is 5.65. The Bertz CT molecular complexity index is 926. The molecule has 0 aliphatic carbocycles. The van der Waals surface area contributed by atoms with Gasteiger partial charge in [-0.05, 0) is 30.4 Å². The third-order valence-corrected chi connectivity index (χ3v) is 4.14. The first-order chi connectivity index (χ1) is 13.1. The van der Waals surface area contributed by atoms with E-state index in [1.807, 2.05) is 12.1 Å². The fourth-order valence-electron chi connectivity index (χ4n) is 2.82. The Morgan fingerprint density at radius 2 is 1.67 bits per heavy atom. The Hall–Kier alpha value is -3.41. The van der Waals surface area contributed by atoms with Crippen LogP contribution in [0.5, 0.6) is 23.0 Å². The molecule has 0 saturated carbocycles. The van der Waals surface area contributed by atoms with E-state index in [-0.39, 0.29) is 0 Å². The molecule has 0 atom stereocenters. The molecule has 0 saturated heterocycles. The van der Waals surface area contributed by atoms with Crippen LogP contribution in [0.4, 0.5) is 0 Å². The van der Waals surface area contributed by atoms with E-state index in [1.54, 1.807) is 64.9 Å². The van der Waals surface area contributed by atoms with Crippen molar-refractivity contribution in [2.24, 2.45) is 0 Å². The Kier molecular flexibility index (Phi) is 5.35. The van der Waals surface area contributed by atoms with Crippen LogP contribution in [0.15, 0.2) is 48.0 Å². The van der Waals surface area contributed by atoms with E-state index in [0.717, 1.165) is 0 Å². The zero-order valence-electron chi connectivity index (χ0n) is 15.6. The Balaban J connectivity index is 2.02. The molecule has 0 N–H and O–H groups in total. The Morgan fingerprint density at radius 3 is 2.33 bits per heavy atom. The molecule has 0 radical (unpaired) electrons. The molecule has 0 amide bonds. The van der Waals surface area contributed by atoms with Crippen molar-refractivity contribution >= 4 is 17.8 Å². The second-order valence-electron chi connectivity index (χ2n) is 5.65. The van der Waals surface area contributed by atoms with Gasteiger partial charge in [-0.1, -0.05) is 12.1 Å². The lowest BCUT2D eigenvalue weighted by Gasteiger charge is -2.10. The van der Waals surface area contributed by atoms with Crippen LogP contribution in [0.25, 0.3) is 11.8 Å². The van der Waals surface area contributed by atoms with Gasteiger partial charge >= 0.3 is 5.97 Å². The summed E-state index contributed by atoms with van der Waals surface area (Å²) in [5, 5.41) is 0. The van der Waals surface area contributed by atoms with Gasteiger partial charge in [0.1, 0.15) is 17.3 Å². The first-order valence-corrected chi connectivity index (χ1v) is 8.20. The van der Waals surface area contributed by atoms with Crippen molar-refractivity contribution in [3.05, 3.63) is 59.2 Å². The lowest BCUT2D eigenvalue weighted by Crippen LogP contribution is -1.99. The quantitative estimate of drug-likeness (QED) is 0.572. The van der Waals surface area contributed by atoms with Gasteiger partial charge in [-0.2, -0.15) is 0 Å². The maximum absolute atomic E-state index is 12.4. The molecular weight excluding hydrogens is 348 g/mol. The minimum atomic E-state index is -0.451. The fourth-order valence-corrected chi connectivity index (χ4v) is 2.82. The van der Waals surface area contributed by atoms with Crippen molar-refractivity contribution in [1.29, 1.82) is 0 Å². The average molecular weight is 368 g/mol. The van der Waals surface area contributed by atoms with Crippen LogP contribution in [0, 0.1) is 0 Å². The summed E-state index contributed by atoms with van der Waals surface area (Å²) in [6.07, 6.45) is 3.37. The van der Waals surface area contributed by atoms with Crippen molar-refractivity contribution in [3.8, 4) is 23.0 Å². The normalized spacial score (nSPS) is 14.6. The predicted molar refractivity (Wildman–Crippen MR) is 101 cm³/mol. The number of ether oxygens (including phenoxy) is 5. The zero-order valence-corrected chi connectivity index (χ0v) is 15.6. The number of hydrogen-bond acceptors (Lipinski definition) is 6. The first kappa shape index (κ1) is 18.4. The SMILES string of the molecule is COc1ccc(C2=C/C(=C\c3cccc(OC)c3OC)C(=O)O2)c(OC)c1. The second kappa shape index (κ2) is 7.86. The Labute approximate surface area is 157 Å². The minimum Gasteiger partial charge on any atom is -0.497 e. The van der Waals surface area contributed by atoms with Gasteiger partial charge in [0.05, 0.1) is 39.6 Å². The van der Waals surface area contributed by atoms with Crippen molar-refractivity contribution < 1.29 is 28.5 Å². The predicted octanol–water partition coefficient (Wildman–Crippen LogP) is 3.70. The molecule has 1 aliphatic heterocycles. The van der Waals surface area contributed by atoms with Crippen LogP contribution in [0.3, 0.4) is 0 Å². The van der Waals surface area contributed by atoms with Crippen LogP contribution in [0.1, 0.15) is 11.1 Å². The number of para-hydroxylation sites is 1. The average Bonchev–Trinajstić information content (AvgIpc) is 3.07. The maximum atomic E-state index is 12.4. The van der Waals surface area contributed by atoms with Gasteiger partial charge in [0.25, 0.3) is 0 Å². The molecule has 6 heteroatoms. The molecule has 0 fully saturated rings. The molecule has 1 heterocycles. The van der Waals surface area contributed by atoms with Crippen molar-refractivity contribution in [1.82, 2.24) is 0 Å². The number of carbonyl (C=O) groups is 1.